The van der Waals surface area contributed by atoms with Crippen molar-refractivity contribution in [3.8, 4) is 0 Å². The van der Waals surface area contributed by atoms with Gasteiger partial charge in [-0.25, -0.2) is 4.98 Å². The van der Waals surface area contributed by atoms with Crippen LogP contribution < -0.4 is 10.6 Å². The summed E-state index contributed by atoms with van der Waals surface area (Å²) in [5, 5.41) is 7.01. The molecule has 0 unspecified atom stereocenters. The molecule has 0 radical (unpaired) electrons. The van der Waals surface area contributed by atoms with Crippen molar-refractivity contribution in [1.82, 2.24) is 9.97 Å². The minimum absolute atomic E-state index is 0.431. The largest absolute Gasteiger partial charge is 0.357 e. The first-order chi connectivity index (χ1) is 8.60. The van der Waals surface area contributed by atoms with Gasteiger partial charge in [-0.2, -0.15) is 4.98 Å². The fourth-order valence-electron chi connectivity index (χ4n) is 1.30. The second-order valence-corrected chi connectivity index (χ2v) is 5.09. The van der Waals surface area contributed by atoms with Gasteiger partial charge >= 0.3 is 0 Å². The number of hydrogen-bond acceptors (Lipinski definition) is 4. The van der Waals surface area contributed by atoms with Gasteiger partial charge in [0.2, 0.25) is 5.95 Å². The molecule has 0 aliphatic rings. The molecular formula is C11H9BrCl2N4. The quantitative estimate of drug-likeness (QED) is 0.867. The fourth-order valence-corrected chi connectivity index (χ4v) is 1.95. The maximum Gasteiger partial charge on any atom is 0.224 e. The SMILES string of the molecule is CNc1ncc(Cl)c(Nc2cc(Cl)ccc2Br)n1. The molecule has 7 heteroatoms. The minimum Gasteiger partial charge on any atom is -0.357 e. The lowest BCUT2D eigenvalue weighted by molar-refractivity contribution is 1.15. The van der Waals surface area contributed by atoms with E-state index in [1.807, 2.05) is 6.07 Å². The molecule has 1 aromatic carbocycles. The first kappa shape index (κ1) is 13.4. The van der Waals surface area contributed by atoms with E-state index in [1.54, 1.807) is 19.2 Å². The standard InChI is InChI=1S/C11H9BrCl2N4/c1-15-11-16-5-8(14)10(18-11)17-9-4-6(13)2-3-7(9)12/h2-5H,1H3,(H2,15,16,17,18). The molecule has 0 saturated heterocycles. The van der Waals surface area contributed by atoms with E-state index in [1.165, 1.54) is 6.20 Å². The molecule has 0 saturated carbocycles. The van der Waals surface area contributed by atoms with Crippen LogP contribution in [-0.4, -0.2) is 17.0 Å². The molecule has 1 heterocycles. The van der Waals surface area contributed by atoms with Crippen LogP contribution >= 0.6 is 39.1 Å². The topological polar surface area (TPSA) is 49.8 Å². The summed E-state index contributed by atoms with van der Waals surface area (Å²) in [5.41, 5.74) is 0.783. The average molecular weight is 348 g/mol. The van der Waals surface area contributed by atoms with Crippen LogP contribution in [0, 0.1) is 0 Å². The van der Waals surface area contributed by atoms with Crippen LogP contribution in [-0.2, 0) is 0 Å². The Morgan fingerprint density at radius 1 is 1.28 bits per heavy atom. The zero-order valence-electron chi connectivity index (χ0n) is 9.34. The molecule has 18 heavy (non-hydrogen) atoms. The van der Waals surface area contributed by atoms with Gasteiger partial charge in [0.05, 0.1) is 11.9 Å². The zero-order valence-corrected chi connectivity index (χ0v) is 12.4. The van der Waals surface area contributed by atoms with Crippen LogP contribution in [0.5, 0.6) is 0 Å². The van der Waals surface area contributed by atoms with Gasteiger partial charge in [0, 0.05) is 16.5 Å². The number of rotatable bonds is 3. The van der Waals surface area contributed by atoms with Crippen LogP contribution in [0.15, 0.2) is 28.9 Å². The second kappa shape index (κ2) is 5.73. The summed E-state index contributed by atoms with van der Waals surface area (Å²) in [6.45, 7) is 0. The van der Waals surface area contributed by atoms with Crippen molar-refractivity contribution >= 4 is 56.6 Å². The third-order valence-corrected chi connectivity index (χ3v) is 3.35. The van der Waals surface area contributed by atoms with E-state index < -0.39 is 0 Å². The third kappa shape index (κ3) is 3.04. The van der Waals surface area contributed by atoms with Gasteiger partial charge in [-0.15, -0.1) is 0 Å². The Balaban J connectivity index is 2.36. The highest BCUT2D eigenvalue weighted by Gasteiger charge is 2.07. The van der Waals surface area contributed by atoms with Crippen molar-refractivity contribution in [2.24, 2.45) is 0 Å². The second-order valence-electron chi connectivity index (χ2n) is 3.39. The maximum atomic E-state index is 6.03. The summed E-state index contributed by atoms with van der Waals surface area (Å²) in [4.78, 5) is 8.23. The summed E-state index contributed by atoms with van der Waals surface area (Å²) < 4.78 is 0.868. The third-order valence-electron chi connectivity index (χ3n) is 2.15. The smallest absolute Gasteiger partial charge is 0.224 e. The summed E-state index contributed by atoms with van der Waals surface area (Å²) in [7, 11) is 1.74. The van der Waals surface area contributed by atoms with Crippen LogP contribution in [0.4, 0.5) is 17.5 Å². The first-order valence-electron chi connectivity index (χ1n) is 5.02. The molecule has 0 aliphatic heterocycles. The van der Waals surface area contributed by atoms with Crippen molar-refractivity contribution < 1.29 is 0 Å². The van der Waals surface area contributed by atoms with Gasteiger partial charge in [-0.1, -0.05) is 23.2 Å². The normalized spacial score (nSPS) is 10.2. The number of hydrogen-bond donors (Lipinski definition) is 2. The monoisotopic (exact) mass is 346 g/mol. The molecule has 94 valence electrons. The van der Waals surface area contributed by atoms with Crippen LogP contribution in [0.2, 0.25) is 10.0 Å². The summed E-state index contributed by atoms with van der Waals surface area (Å²) in [6.07, 6.45) is 1.53. The molecule has 0 aliphatic carbocycles. The van der Waals surface area contributed by atoms with Gasteiger partial charge in [-0.05, 0) is 34.1 Å². The molecule has 0 spiro atoms. The van der Waals surface area contributed by atoms with Crippen LogP contribution in [0.3, 0.4) is 0 Å². The van der Waals surface area contributed by atoms with Crippen LogP contribution in [0.1, 0.15) is 0 Å². The van der Waals surface area contributed by atoms with Crippen molar-refractivity contribution in [3.63, 3.8) is 0 Å². The van der Waals surface area contributed by atoms with E-state index in [0.717, 1.165) is 10.2 Å². The number of halogens is 3. The van der Waals surface area contributed by atoms with E-state index >= 15 is 0 Å². The maximum absolute atomic E-state index is 6.03. The number of nitrogens with zero attached hydrogens (tertiary/aromatic N) is 2. The fraction of sp³-hybridized carbons (Fsp3) is 0.0909. The van der Waals surface area contributed by atoms with E-state index in [9.17, 15) is 0 Å². The molecule has 2 aromatic rings. The molecule has 0 amide bonds. The van der Waals surface area contributed by atoms with Gasteiger partial charge in [-0.3, -0.25) is 0 Å². The molecule has 4 nitrogen and oxygen atoms in total. The Labute approximate surface area is 123 Å². The lowest BCUT2D eigenvalue weighted by Crippen LogP contribution is -2.01. The molecule has 0 atom stereocenters. The molecule has 2 N–H and O–H groups in total. The van der Waals surface area contributed by atoms with Crippen LogP contribution in [0.25, 0.3) is 0 Å². The van der Waals surface area contributed by atoms with E-state index in [2.05, 4.69) is 36.5 Å². The van der Waals surface area contributed by atoms with Gasteiger partial charge in [0.15, 0.2) is 5.82 Å². The van der Waals surface area contributed by atoms with Crippen molar-refractivity contribution in [2.45, 2.75) is 0 Å². The average Bonchev–Trinajstić information content (AvgIpc) is 2.36. The van der Waals surface area contributed by atoms with Gasteiger partial charge in [0.1, 0.15) is 5.02 Å². The number of aromatic nitrogens is 2. The highest BCUT2D eigenvalue weighted by Crippen LogP contribution is 2.30. The van der Waals surface area contributed by atoms with Crippen molar-refractivity contribution in [1.29, 1.82) is 0 Å². The first-order valence-corrected chi connectivity index (χ1v) is 6.57. The Hall–Kier alpha value is -1.04. The molecule has 1 aromatic heterocycles. The molecule has 2 rings (SSSR count). The highest BCUT2D eigenvalue weighted by molar-refractivity contribution is 9.10. The van der Waals surface area contributed by atoms with Gasteiger partial charge in [0.25, 0.3) is 0 Å². The number of benzene rings is 1. The Morgan fingerprint density at radius 2 is 2.06 bits per heavy atom. The Kier molecular flexibility index (Phi) is 4.27. The van der Waals surface area contributed by atoms with E-state index in [-0.39, 0.29) is 0 Å². The minimum atomic E-state index is 0.431. The van der Waals surface area contributed by atoms with E-state index in [4.69, 9.17) is 23.2 Å². The lowest BCUT2D eigenvalue weighted by atomic mass is 10.3. The van der Waals surface area contributed by atoms with Crippen molar-refractivity contribution in [3.05, 3.63) is 38.9 Å². The lowest BCUT2D eigenvalue weighted by Gasteiger charge is -2.10. The Morgan fingerprint density at radius 3 is 2.78 bits per heavy atom. The molecule has 0 bridgehead atoms. The molecular weight excluding hydrogens is 339 g/mol. The molecule has 0 fully saturated rings. The zero-order chi connectivity index (χ0) is 13.1. The highest BCUT2D eigenvalue weighted by atomic mass is 79.9. The van der Waals surface area contributed by atoms with Gasteiger partial charge < -0.3 is 10.6 Å². The summed E-state index contributed by atoms with van der Waals surface area (Å²) in [6, 6.07) is 5.42. The predicted molar refractivity (Wildman–Crippen MR) is 79.0 cm³/mol. The number of anilines is 3. The van der Waals surface area contributed by atoms with E-state index in [0.29, 0.717) is 21.8 Å². The number of nitrogens with one attached hydrogen (secondary N) is 2. The Bertz CT molecular complexity index is 577. The summed E-state index contributed by atoms with van der Waals surface area (Å²) in [5.74, 6) is 0.999. The van der Waals surface area contributed by atoms with Crippen molar-refractivity contribution in [2.75, 3.05) is 17.7 Å². The predicted octanol–water partition coefficient (Wildman–Crippen LogP) is 4.33. The summed E-state index contributed by atoms with van der Waals surface area (Å²) >= 11 is 15.4.